The number of halogens is 1. The molecule has 1 heterocycles. The zero-order valence-electron chi connectivity index (χ0n) is 11.5. The van der Waals surface area contributed by atoms with Crippen molar-refractivity contribution in [3.63, 3.8) is 0 Å². The van der Waals surface area contributed by atoms with Crippen molar-refractivity contribution in [3.8, 4) is 0 Å². The Morgan fingerprint density at radius 3 is 2.65 bits per heavy atom. The number of aromatic nitrogens is 1. The van der Waals surface area contributed by atoms with E-state index in [0.29, 0.717) is 10.7 Å². The van der Waals surface area contributed by atoms with Gasteiger partial charge in [0.15, 0.2) is 0 Å². The Morgan fingerprint density at radius 2 is 2.00 bits per heavy atom. The van der Waals surface area contributed by atoms with Gasteiger partial charge in [0.2, 0.25) is 0 Å². The van der Waals surface area contributed by atoms with Gasteiger partial charge >= 0.3 is 0 Å². The fraction of sp³-hybridized carbons (Fsp3) is 0.200. The van der Waals surface area contributed by atoms with Crippen LogP contribution in [0.4, 0.5) is 5.69 Å². The molecule has 1 amide bonds. The van der Waals surface area contributed by atoms with E-state index in [1.807, 2.05) is 19.9 Å². The van der Waals surface area contributed by atoms with Crippen molar-refractivity contribution in [1.82, 2.24) is 4.57 Å². The van der Waals surface area contributed by atoms with Gasteiger partial charge in [0, 0.05) is 13.2 Å². The van der Waals surface area contributed by atoms with E-state index in [0.717, 1.165) is 11.1 Å². The molecule has 0 unspecified atom stereocenters. The van der Waals surface area contributed by atoms with Crippen LogP contribution >= 0.6 is 11.6 Å². The molecule has 0 bridgehead atoms. The van der Waals surface area contributed by atoms with Crippen LogP contribution in [0, 0.1) is 13.8 Å². The van der Waals surface area contributed by atoms with E-state index in [1.165, 1.54) is 10.6 Å². The number of carbonyl (C=O) groups excluding carboxylic acids is 1. The van der Waals surface area contributed by atoms with Crippen LogP contribution in [0.5, 0.6) is 0 Å². The normalized spacial score (nSPS) is 10.4. The lowest BCUT2D eigenvalue weighted by Crippen LogP contribution is -2.27. The topological polar surface area (TPSA) is 51.1 Å². The lowest BCUT2D eigenvalue weighted by atomic mass is 10.1. The first kappa shape index (κ1) is 14.3. The van der Waals surface area contributed by atoms with E-state index in [2.05, 4.69) is 5.32 Å². The molecular formula is C15H15ClN2O2. The van der Waals surface area contributed by atoms with Crippen LogP contribution in [0.1, 0.15) is 21.5 Å². The number of amides is 1. The van der Waals surface area contributed by atoms with Crippen molar-refractivity contribution in [2.75, 3.05) is 5.32 Å². The van der Waals surface area contributed by atoms with Crippen molar-refractivity contribution in [2.24, 2.45) is 7.05 Å². The Balaban J connectivity index is 2.38. The molecule has 0 fully saturated rings. The van der Waals surface area contributed by atoms with E-state index in [4.69, 9.17) is 11.6 Å². The zero-order chi connectivity index (χ0) is 14.9. The first-order valence-electron chi connectivity index (χ1n) is 6.14. The number of carbonyl (C=O) groups is 1. The van der Waals surface area contributed by atoms with Gasteiger partial charge in [-0.25, -0.2) is 0 Å². The molecule has 1 N–H and O–H groups in total. The van der Waals surface area contributed by atoms with Gasteiger partial charge in [-0.3, -0.25) is 9.59 Å². The highest BCUT2D eigenvalue weighted by molar-refractivity contribution is 6.34. The molecule has 0 spiro atoms. The van der Waals surface area contributed by atoms with E-state index in [-0.39, 0.29) is 11.1 Å². The average Bonchev–Trinajstić information content (AvgIpc) is 2.36. The zero-order valence-corrected chi connectivity index (χ0v) is 12.3. The van der Waals surface area contributed by atoms with Gasteiger partial charge in [0.25, 0.3) is 11.5 Å². The van der Waals surface area contributed by atoms with Crippen molar-refractivity contribution >= 4 is 23.2 Å². The third-order valence-corrected chi connectivity index (χ3v) is 3.34. The van der Waals surface area contributed by atoms with Crippen molar-refractivity contribution in [1.29, 1.82) is 0 Å². The third kappa shape index (κ3) is 2.75. The third-order valence-electron chi connectivity index (χ3n) is 3.04. The highest BCUT2D eigenvalue weighted by atomic mass is 35.5. The largest absolute Gasteiger partial charge is 0.320 e. The Morgan fingerprint density at radius 1 is 1.30 bits per heavy atom. The number of hydrogen-bond acceptors (Lipinski definition) is 2. The van der Waals surface area contributed by atoms with Crippen molar-refractivity contribution in [2.45, 2.75) is 13.8 Å². The number of anilines is 1. The fourth-order valence-electron chi connectivity index (χ4n) is 2.03. The minimum absolute atomic E-state index is 0.0889. The minimum atomic E-state index is -0.458. The maximum absolute atomic E-state index is 12.2. The van der Waals surface area contributed by atoms with Gasteiger partial charge in [-0.1, -0.05) is 17.7 Å². The van der Waals surface area contributed by atoms with Crippen LogP contribution in [0.15, 0.2) is 35.3 Å². The van der Waals surface area contributed by atoms with Gasteiger partial charge in [-0.15, -0.1) is 0 Å². The van der Waals surface area contributed by atoms with Gasteiger partial charge in [0.05, 0.1) is 10.7 Å². The average molecular weight is 291 g/mol. The molecule has 0 saturated heterocycles. The lowest BCUT2D eigenvalue weighted by Gasteiger charge is -2.11. The molecular weight excluding hydrogens is 276 g/mol. The van der Waals surface area contributed by atoms with E-state index in [9.17, 15) is 9.59 Å². The highest BCUT2D eigenvalue weighted by Gasteiger charge is 2.14. The Labute approximate surface area is 122 Å². The lowest BCUT2D eigenvalue weighted by molar-refractivity contribution is 0.102. The van der Waals surface area contributed by atoms with Gasteiger partial charge in [0.1, 0.15) is 5.56 Å². The number of nitrogens with zero attached hydrogens (tertiary/aromatic N) is 1. The number of nitrogens with one attached hydrogen (secondary N) is 1. The van der Waals surface area contributed by atoms with Crippen LogP contribution in [-0.4, -0.2) is 10.5 Å². The summed E-state index contributed by atoms with van der Waals surface area (Å²) in [5.74, 6) is -0.458. The Bertz CT molecular complexity index is 712. The number of aryl methyl sites for hydroxylation is 3. The molecule has 104 valence electrons. The molecule has 1 aromatic carbocycles. The molecule has 0 radical (unpaired) electrons. The molecule has 4 nitrogen and oxygen atoms in total. The summed E-state index contributed by atoms with van der Waals surface area (Å²) in [6.45, 7) is 3.79. The summed E-state index contributed by atoms with van der Waals surface area (Å²) in [5.41, 5.74) is 2.15. The number of pyridine rings is 1. The second kappa shape index (κ2) is 5.51. The quantitative estimate of drug-likeness (QED) is 0.924. The van der Waals surface area contributed by atoms with Crippen molar-refractivity contribution < 1.29 is 4.79 Å². The standard InChI is InChI=1S/C15H15ClN2O2/c1-9-7-10(2)13(12(16)8-9)17-14(19)11-5-4-6-18(3)15(11)20/h4-8H,1-3H3,(H,17,19). The summed E-state index contributed by atoms with van der Waals surface area (Å²) >= 11 is 6.14. The maximum Gasteiger partial charge on any atom is 0.263 e. The monoisotopic (exact) mass is 290 g/mol. The molecule has 2 aromatic rings. The predicted molar refractivity (Wildman–Crippen MR) is 80.6 cm³/mol. The second-order valence-electron chi connectivity index (χ2n) is 4.73. The van der Waals surface area contributed by atoms with E-state index < -0.39 is 5.91 Å². The van der Waals surface area contributed by atoms with E-state index >= 15 is 0 Å². The molecule has 20 heavy (non-hydrogen) atoms. The molecule has 5 heteroatoms. The SMILES string of the molecule is Cc1cc(C)c(NC(=O)c2cccn(C)c2=O)c(Cl)c1. The molecule has 0 aliphatic rings. The second-order valence-corrected chi connectivity index (χ2v) is 5.14. The van der Waals surface area contributed by atoms with Crippen molar-refractivity contribution in [3.05, 3.63) is 62.5 Å². The number of hydrogen-bond donors (Lipinski definition) is 1. The smallest absolute Gasteiger partial charge is 0.263 e. The van der Waals surface area contributed by atoms with E-state index in [1.54, 1.807) is 25.4 Å². The summed E-state index contributed by atoms with van der Waals surface area (Å²) in [5, 5.41) is 3.17. The van der Waals surface area contributed by atoms with Crippen LogP contribution in [0.2, 0.25) is 5.02 Å². The summed E-state index contributed by atoms with van der Waals surface area (Å²) in [6.07, 6.45) is 1.60. The van der Waals surface area contributed by atoms with Gasteiger partial charge < -0.3 is 9.88 Å². The number of rotatable bonds is 2. The Hall–Kier alpha value is -2.07. The molecule has 0 saturated carbocycles. The van der Waals surface area contributed by atoms with Crippen LogP contribution in [0.25, 0.3) is 0 Å². The van der Waals surface area contributed by atoms with Crippen LogP contribution < -0.4 is 10.9 Å². The summed E-state index contributed by atoms with van der Waals surface area (Å²) in [6, 6.07) is 6.84. The first-order chi connectivity index (χ1) is 9.40. The Kier molecular flexibility index (Phi) is 3.95. The first-order valence-corrected chi connectivity index (χ1v) is 6.51. The van der Waals surface area contributed by atoms with Gasteiger partial charge in [-0.05, 0) is 43.2 Å². The molecule has 0 aliphatic heterocycles. The summed E-state index contributed by atoms with van der Waals surface area (Å²) in [4.78, 5) is 24.1. The summed E-state index contributed by atoms with van der Waals surface area (Å²) < 4.78 is 1.36. The fourth-order valence-corrected chi connectivity index (χ4v) is 2.39. The highest BCUT2D eigenvalue weighted by Crippen LogP contribution is 2.27. The molecule has 2 rings (SSSR count). The molecule has 0 aliphatic carbocycles. The minimum Gasteiger partial charge on any atom is -0.320 e. The summed E-state index contributed by atoms with van der Waals surface area (Å²) in [7, 11) is 1.60. The predicted octanol–water partition coefficient (Wildman–Crippen LogP) is 2.91. The number of benzene rings is 1. The van der Waals surface area contributed by atoms with Crippen LogP contribution in [0.3, 0.4) is 0 Å². The maximum atomic E-state index is 12.2. The van der Waals surface area contributed by atoms with Gasteiger partial charge in [-0.2, -0.15) is 0 Å². The molecule has 1 aromatic heterocycles. The van der Waals surface area contributed by atoms with Crippen LogP contribution in [-0.2, 0) is 7.05 Å². The molecule has 0 atom stereocenters.